The highest BCUT2D eigenvalue weighted by atomic mass is 32.2. The highest BCUT2D eigenvalue weighted by Crippen LogP contribution is 2.38. The lowest BCUT2D eigenvalue weighted by Crippen LogP contribution is -2.13. The van der Waals surface area contributed by atoms with Crippen molar-refractivity contribution in [2.75, 3.05) is 26.1 Å². The normalized spacial score (nSPS) is 11.2. The van der Waals surface area contributed by atoms with E-state index in [0.717, 1.165) is 17.2 Å². The third kappa shape index (κ3) is 5.60. The Bertz CT molecular complexity index is 1280. The quantitative estimate of drug-likeness (QED) is 0.276. The number of rotatable bonds is 9. The van der Waals surface area contributed by atoms with Gasteiger partial charge in [0.15, 0.2) is 11.5 Å². The van der Waals surface area contributed by atoms with E-state index in [4.69, 9.17) is 14.2 Å². The van der Waals surface area contributed by atoms with Crippen LogP contribution >= 0.6 is 0 Å². The molecule has 0 aromatic heterocycles. The first-order valence-electron chi connectivity index (χ1n) is 9.63. The molecular formula is C23H22N2O7S. The van der Waals surface area contributed by atoms with Crippen LogP contribution in [-0.4, -0.2) is 34.7 Å². The Balaban J connectivity index is 1.85. The molecular weight excluding hydrogens is 448 g/mol. The number of nitrogens with one attached hydrogen (secondary N) is 1. The minimum absolute atomic E-state index is 0.199. The molecule has 0 saturated heterocycles. The van der Waals surface area contributed by atoms with Crippen LogP contribution in [0.4, 0.5) is 11.4 Å². The molecule has 172 valence electrons. The Kier molecular flexibility index (Phi) is 7.19. The Hall–Kier alpha value is -4.05. The Morgan fingerprint density at radius 2 is 1.48 bits per heavy atom. The van der Waals surface area contributed by atoms with Crippen LogP contribution in [0.1, 0.15) is 11.1 Å². The number of anilines is 1. The van der Waals surface area contributed by atoms with Gasteiger partial charge in [-0.15, -0.1) is 0 Å². The lowest BCUT2D eigenvalue weighted by Gasteiger charge is -2.12. The van der Waals surface area contributed by atoms with E-state index in [2.05, 4.69) is 4.72 Å². The van der Waals surface area contributed by atoms with E-state index in [0.29, 0.717) is 22.9 Å². The van der Waals surface area contributed by atoms with Crippen molar-refractivity contribution in [1.29, 1.82) is 0 Å². The van der Waals surface area contributed by atoms with Crippen molar-refractivity contribution in [2.45, 2.75) is 4.90 Å². The molecule has 0 amide bonds. The zero-order chi connectivity index (χ0) is 24.0. The molecule has 0 spiro atoms. The summed E-state index contributed by atoms with van der Waals surface area (Å²) in [7, 11) is 0.578. The second-order valence-electron chi connectivity index (χ2n) is 6.78. The van der Waals surface area contributed by atoms with Gasteiger partial charge in [0.05, 0.1) is 31.1 Å². The summed E-state index contributed by atoms with van der Waals surface area (Å²) in [4.78, 5) is 10.1. The number of nitro groups is 1. The van der Waals surface area contributed by atoms with Crippen molar-refractivity contribution in [3.63, 3.8) is 0 Å². The predicted octanol–water partition coefficient (Wildman–Crippen LogP) is 4.59. The maximum Gasteiger partial charge on any atom is 0.270 e. The van der Waals surface area contributed by atoms with Crippen molar-refractivity contribution in [3.8, 4) is 17.2 Å². The van der Waals surface area contributed by atoms with Crippen molar-refractivity contribution in [1.82, 2.24) is 0 Å². The highest BCUT2D eigenvalue weighted by Gasteiger charge is 2.18. The van der Waals surface area contributed by atoms with E-state index in [1.165, 1.54) is 39.5 Å². The van der Waals surface area contributed by atoms with Gasteiger partial charge in [0.1, 0.15) is 0 Å². The molecule has 33 heavy (non-hydrogen) atoms. The topological polar surface area (TPSA) is 117 Å². The molecule has 0 radical (unpaired) electrons. The van der Waals surface area contributed by atoms with Gasteiger partial charge >= 0.3 is 0 Å². The first-order chi connectivity index (χ1) is 15.8. The fraction of sp³-hybridized carbons (Fsp3) is 0.130. The molecule has 0 aliphatic carbocycles. The molecule has 0 unspecified atom stereocenters. The Morgan fingerprint density at radius 3 is 2.09 bits per heavy atom. The molecule has 0 atom stereocenters. The van der Waals surface area contributed by atoms with Crippen LogP contribution in [0.3, 0.4) is 0 Å². The summed E-state index contributed by atoms with van der Waals surface area (Å²) in [6.45, 7) is 0. The van der Waals surface area contributed by atoms with Gasteiger partial charge < -0.3 is 14.2 Å². The van der Waals surface area contributed by atoms with E-state index in [1.54, 1.807) is 42.5 Å². The van der Waals surface area contributed by atoms with Crippen LogP contribution < -0.4 is 18.9 Å². The Morgan fingerprint density at radius 1 is 0.848 bits per heavy atom. The minimum atomic E-state index is -4.00. The predicted molar refractivity (Wildman–Crippen MR) is 125 cm³/mol. The first-order valence-corrected chi connectivity index (χ1v) is 11.1. The summed E-state index contributed by atoms with van der Waals surface area (Å²) >= 11 is 0. The van der Waals surface area contributed by atoms with Crippen LogP contribution in [0.25, 0.3) is 12.2 Å². The number of hydrogen-bond acceptors (Lipinski definition) is 7. The molecule has 3 aromatic carbocycles. The molecule has 10 heteroatoms. The first kappa shape index (κ1) is 23.6. The SMILES string of the molecule is COc1cc(/C=C\c2cccc(NS(=O)(=O)c3cccc([N+](=O)[O-])c3)c2)cc(OC)c1OC. The fourth-order valence-corrected chi connectivity index (χ4v) is 4.16. The monoisotopic (exact) mass is 470 g/mol. The van der Waals surface area contributed by atoms with Gasteiger partial charge in [-0.3, -0.25) is 14.8 Å². The molecule has 0 aliphatic heterocycles. The lowest BCUT2D eigenvalue weighted by atomic mass is 10.1. The van der Waals surface area contributed by atoms with Gasteiger partial charge in [-0.25, -0.2) is 8.42 Å². The molecule has 9 nitrogen and oxygen atoms in total. The average Bonchev–Trinajstić information content (AvgIpc) is 2.82. The van der Waals surface area contributed by atoms with Crippen molar-refractivity contribution in [3.05, 3.63) is 81.9 Å². The number of ether oxygens (including phenoxy) is 3. The van der Waals surface area contributed by atoms with Crippen molar-refractivity contribution >= 4 is 33.6 Å². The second kappa shape index (κ2) is 10.0. The van der Waals surface area contributed by atoms with Crippen LogP contribution in [0.2, 0.25) is 0 Å². The number of benzene rings is 3. The average molecular weight is 471 g/mol. The smallest absolute Gasteiger partial charge is 0.270 e. The highest BCUT2D eigenvalue weighted by molar-refractivity contribution is 7.92. The van der Waals surface area contributed by atoms with Gasteiger partial charge in [-0.05, 0) is 41.5 Å². The van der Waals surface area contributed by atoms with Crippen LogP contribution in [0, 0.1) is 10.1 Å². The third-order valence-corrected chi connectivity index (χ3v) is 6.01. The lowest BCUT2D eigenvalue weighted by molar-refractivity contribution is -0.385. The standard InChI is InChI=1S/C23H22N2O7S/c1-30-21-13-17(14-22(31-2)23(21)32-3)11-10-16-6-4-7-18(12-16)24-33(28,29)20-9-5-8-19(15-20)25(26)27/h4-15,24H,1-3H3/b11-10-. The van der Waals surface area contributed by atoms with E-state index < -0.39 is 14.9 Å². The van der Waals surface area contributed by atoms with Gasteiger partial charge in [0.2, 0.25) is 5.75 Å². The van der Waals surface area contributed by atoms with Gasteiger partial charge in [0.25, 0.3) is 15.7 Å². The molecule has 0 fully saturated rings. The zero-order valence-corrected chi connectivity index (χ0v) is 19.0. The third-order valence-electron chi connectivity index (χ3n) is 4.63. The number of nitro benzene ring substituents is 1. The van der Waals surface area contributed by atoms with Gasteiger partial charge in [0, 0.05) is 17.8 Å². The number of sulfonamides is 1. The van der Waals surface area contributed by atoms with Crippen molar-refractivity contribution < 1.29 is 27.6 Å². The maximum atomic E-state index is 12.7. The summed E-state index contributed by atoms with van der Waals surface area (Å²) in [5.74, 6) is 1.50. The molecule has 0 bridgehead atoms. The van der Waals surface area contributed by atoms with Crippen LogP contribution in [-0.2, 0) is 10.0 Å². The van der Waals surface area contributed by atoms with E-state index in [9.17, 15) is 18.5 Å². The maximum absolute atomic E-state index is 12.7. The van der Waals surface area contributed by atoms with E-state index in [-0.39, 0.29) is 10.6 Å². The Labute approximate surface area is 191 Å². The number of nitrogens with zero attached hydrogens (tertiary/aromatic N) is 1. The second-order valence-corrected chi connectivity index (χ2v) is 8.46. The number of non-ortho nitro benzene ring substituents is 1. The molecule has 3 aromatic rings. The molecule has 0 heterocycles. The number of hydrogen-bond donors (Lipinski definition) is 1. The van der Waals surface area contributed by atoms with Crippen LogP contribution in [0.15, 0.2) is 65.6 Å². The van der Waals surface area contributed by atoms with E-state index >= 15 is 0 Å². The van der Waals surface area contributed by atoms with Crippen LogP contribution in [0.5, 0.6) is 17.2 Å². The summed E-state index contributed by atoms with van der Waals surface area (Å²) < 4.78 is 43.8. The minimum Gasteiger partial charge on any atom is -0.493 e. The molecule has 0 aliphatic rings. The van der Waals surface area contributed by atoms with Gasteiger partial charge in [-0.1, -0.05) is 30.4 Å². The number of methoxy groups -OCH3 is 3. The van der Waals surface area contributed by atoms with Gasteiger partial charge in [-0.2, -0.15) is 0 Å². The summed E-state index contributed by atoms with van der Waals surface area (Å²) in [5.41, 5.74) is 1.52. The fourth-order valence-electron chi connectivity index (χ4n) is 3.07. The molecule has 1 N–H and O–H groups in total. The zero-order valence-electron chi connectivity index (χ0n) is 18.1. The summed E-state index contributed by atoms with van der Waals surface area (Å²) in [6.07, 6.45) is 3.62. The summed E-state index contributed by atoms with van der Waals surface area (Å²) in [5, 5.41) is 10.9. The summed E-state index contributed by atoms with van der Waals surface area (Å²) in [6, 6.07) is 15.2. The molecule has 3 rings (SSSR count). The van der Waals surface area contributed by atoms with E-state index in [1.807, 2.05) is 6.08 Å². The largest absolute Gasteiger partial charge is 0.493 e. The molecule has 0 saturated carbocycles. The van der Waals surface area contributed by atoms with Crippen molar-refractivity contribution in [2.24, 2.45) is 0 Å².